The van der Waals surface area contributed by atoms with Crippen LogP contribution in [0.1, 0.15) is 0 Å². The van der Waals surface area contributed by atoms with Crippen LogP contribution in [0.2, 0.25) is 0 Å². The van der Waals surface area contributed by atoms with Gasteiger partial charge in [-0.1, -0.05) is 28.1 Å². The molecule has 0 atom stereocenters. The zero-order chi connectivity index (χ0) is 11.8. The fraction of sp³-hybridized carbons (Fsp3) is 0. The smallest absolute Gasteiger partial charge is 0.178 e. The van der Waals surface area contributed by atoms with E-state index >= 15 is 0 Å². The number of nitrogen functional groups attached to an aromatic ring is 1. The summed E-state index contributed by atoms with van der Waals surface area (Å²) in [5, 5.41) is 0. The average Bonchev–Trinajstić information content (AvgIpc) is 2.72. The van der Waals surface area contributed by atoms with Crippen molar-refractivity contribution in [2.45, 2.75) is 0 Å². The molecule has 0 amide bonds. The normalized spacial score (nSPS) is 10.9. The summed E-state index contributed by atoms with van der Waals surface area (Å²) in [6.45, 7) is 0. The predicted molar refractivity (Wildman–Crippen MR) is 71.4 cm³/mol. The highest BCUT2D eigenvalue weighted by Crippen LogP contribution is 2.22. The number of halogens is 1. The molecule has 0 saturated carbocycles. The van der Waals surface area contributed by atoms with Crippen molar-refractivity contribution in [3.05, 3.63) is 41.0 Å². The van der Waals surface area contributed by atoms with Gasteiger partial charge in [0.25, 0.3) is 0 Å². The van der Waals surface area contributed by atoms with E-state index in [-0.39, 0.29) is 0 Å². The molecule has 0 aliphatic rings. The summed E-state index contributed by atoms with van der Waals surface area (Å²) in [6.07, 6.45) is 1.61. The van der Waals surface area contributed by atoms with Crippen LogP contribution in [0.5, 0.6) is 0 Å². The Morgan fingerprint density at radius 1 is 1.18 bits per heavy atom. The monoisotopic (exact) mass is 288 g/mol. The summed E-state index contributed by atoms with van der Waals surface area (Å²) in [6, 6.07) is 9.77. The number of aromatic nitrogens is 3. The molecule has 0 bridgehead atoms. The Morgan fingerprint density at radius 3 is 2.71 bits per heavy atom. The highest BCUT2D eigenvalue weighted by atomic mass is 79.9. The molecule has 0 spiro atoms. The zero-order valence-corrected chi connectivity index (χ0v) is 10.4. The van der Waals surface area contributed by atoms with E-state index in [0.29, 0.717) is 11.3 Å². The second kappa shape index (κ2) is 3.85. The van der Waals surface area contributed by atoms with Crippen molar-refractivity contribution in [1.29, 1.82) is 0 Å². The molecule has 0 aliphatic heterocycles. The van der Waals surface area contributed by atoms with E-state index in [2.05, 4.69) is 30.9 Å². The van der Waals surface area contributed by atoms with Gasteiger partial charge in [0.1, 0.15) is 5.82 Å². The topological polar surface area (TPSA) is 67.6 Å². The summed E-state index contributed by atoms with van der Waals surface area (Å²) in [4.78, 5) is 11.8. The molecule has 2 heterocycles. The van der Waals surface area contributed by atoms with Gasteiger partial charge < -0.3 is 10.7 Å². The van der Waals surface area contributed by atoms with Gasteiger partial charge in [-0.25, -0.2) is 9.97 Å². The third-order valence-electron chi connectivity index (χ3n) is 2.48. The van der Waals surface area contributed by atoms with Crippen LogP contribution in [0.4, 0.5) is 5.69 Å². The largest absolute Gasteiger partial charge is 0.397 e. The number of fused-ring (bicyclic) bond motifs is 1. The van der Waals surface area contributed by atoms with Crippen LogP contribution in [-0.2, 0) is 0 Å². The molecular formula is C12H9BrN4. The van der Waals surface area contributed by atoms with Gasteiger partial charge in [0, 0.05) is 10.0 Å². The Hall–Kier alpha value is -1.88. The lowest BCUT2D eigenvalue weighted by atomic mass is 10.2. The van der Waals surface area contributed by atoms with Gasteiger partial charge in [-0.2, -0.15) is 0 Å². The summed E-state index contributed by atoms with van der Waals surface area (Å²) in [5.74, 6) is 0.797. The summed E-state index contributed by atoms with van der Waals surface area (Å²) < 4.78 is 1.04. The predicted octanol–water partition coefficient (Wildman–Crippen LogP) is 2.97. The number of benzene rings is 1. The molecule has 17 heavy (non-hydrogen) atoms. The number of pyridine rings is 1. The van der Waals surface area contributed by atoms with Crippen LogP contribution in [0.15, 0.2) is 41.0 Å². The van der Waals surface area contributed by atoms with Crippen LogP contribution in [-0.4, -0.2) is 15.0 Å². The number of anilines is 1. The number of aromatic amines is 1. The van der Waals surface area contributed by atoms with E-state index in [4.69, 9.17) is 5.73 Å². The van der Waals surface area contributed by atoms with E-state index in [1.165, 1.54) is 0 Å². The standard InChI is InChI=1S/C12H9BrN4/c13-8-3-1-7(2-4-8)11-16-10-5-9(14)6-15-12(10)17-11/h1-6H,14H2,(H,15,16,17). The number of hydrogen-bond donors (Lipinski definition) is 2. The van der Waals surface area contributed by atoms with Crippen molar-refractivity contribution in [3.63, 3.8) is 0 Å². The van der Waals surface area contributed by atoms with Crippen molar-refractivity contribution in [2.75, 3.05) is 5.73 Å². The molecule has 0 radical (unpaired) electrons. The first-order valence-electron chi connectivity index (χ1n) is 5.09. The zero-order valence-electron chi connectivity index (χ0n) is 8.81. The van der Waals surface area contributed by atoms with Crippen molar-refractivity contribution in [3.8, 4) is 11.4 Å². The number of nitrogens with one attached hydrogen (secondary N) is 1. The molecule has 5 heteroatoms. The quantitative estimate of drug-likeness (QED) is 0.723. The molecule has 2 aromatic heterocycles. The van der Waals surface area contributed by atoms with Gasteiger partial charge in [-0.15, -0.1) is 0 Å². The minimum Gasteiger partial charge on any atom is -0.397 e. The first kappa shape index (κ1) is 10.3. The van der Waals surface area contributed by atoms with E-state index < -0.39 is 0 Å². The van der Waals surface area contributed by atoms with Gasteiger partial charge in [0.05, 0.1) is 17.4 Å². The second-order valence-corrected chi connectivity index (χ2v) is 4.65. The van der Waals surface area contributed by atoms with Gasteiger partial charge >= 0.3 is 0 Å². The lowest BCUT2D eigenvalue weighted by molar-refractivity contribution is 1.30. The first-order valence-corrected chi connectivity index (χ1v) is 5.89. The third-order valence-corrected chi connectivity index (χ3v) is 3.00. The maximum absolute atomic E-state index is 5.68. The van der Waals surface area contributed by atoms with Gasteiger partial charge in [-0.3, -0.25) is 0 Å². The maximum Gasteiger partial charge on any atom is 0.178 e. The van der Waals surface area contributed by atoms with Crippen molar-refractivity contribution < 1.29 is 0 Å². The molecule has 0 fully saturated rings. The number of imidazole rings is 1. The number of nitrogens with zero attached hydrogens (tertiary/aromatic N) is 2. The van der Waals surface area contributed by atoms with E-state index in [1.54, 1.807) is 6.20 Å². The highest BCUT2D eigenvalue weighted by Gasteiger charge is 2.06. The van der Waals surface area contributed by atoms with Gasteiger partial charge in [0.2, 0.25) is 0 Å². The molecule has 0 unspecified atom stereocenters. The molecular weight excluding hydrogens is 280 g/mol. The summed E-state index contributed by atoms with van der Waals surface area (Å²) >= 11 is 3.40. The van der Waals surface area contributed by atoms with Gasteiger partial charge in [0.15, 0.2) is 5.65 Å². The van der Waals surface area contributed by atoms with Gasteiger partial charge in [-0.05, 0) is 18.2 Å². The van der Waals surface area contributed by atoms with Crippen LogP contribution in [0, 0.1) is 0 Å². The third kappa shape index (κ3) is 1.89. The van der Waals surface area contributed by atoms with Crippen molar-refractivity contribution >= 4 is 32.8 Å². The van der Waals surface area contributed by atoms with E-state index in [1.807, 2.05) is 30.3 Å². The van der Waals surface area contributed by atoms with Crippen LogP contribution in [0.25, 0.3) is 22.6 Å². The Balaban J connectivity index is 2.14. The molecule has 3 rings (SSSR count). The van der Waals surface area contributed by atoms with E-state index in [0.717, 1.165) is 21.4 Å². The minimum atomic E-state index is 0.628. The van der Waals surface area contributed by atoms with Crippen molar-refractivity contribution in [2.24, 2.45) is 0 Å². The Labute approximate surface area is 106 Å². The number of nitrogens with two attached hydrogens (primary N) is 1. The SMILES string of the molecule is Nc1cnc2nc(-c3ccc(Br)cc3)[nH]c2c1. The number of rotatable bonds is 1. The number of hydrogen-bond acceptors (Lipinski definition) is 3. The Morgan fingerprint density at radius 2 is 1.94 bits per heavy atom. The Kier molecular flexibility index (Phi) is 2.33. The fourth-order valence-electron chi connectivity index (χ4n) is 1.66. The second-order valence-electron chi connectivity index (χ2n) is 3.73. The lowest BCUT2D eigenvalue weighted by Crippen LogP contribution is -1.85. The molecule has 1 aromatic carbocycles. The molecule has 3 aromatic rings. The first-order chi connectivity index (χ1) is 8.22. The molecule has 84 valence electrons. The minimum absolute atomic E-state index is 0.628. The lowest BCUT2D eigenvalue weighted by Gasteiger charge is -1.95. The number of H-pyrrole nitrogens is 1. The van der Waals surface area contributed by atoms with Crippen molar-refractivity contribution in [1.82, 2.24) is 15.0 Å². The molecule has 4 nitrogen and oxygen atoms in total. The molecule has 3 N–H and O–H groups in total. The highest BCUT2D eigenvalue weighted by molar-refractivity contribution is 9.10. The summed E-state index contributed by atoms with van der Waals surface area (Å²) in [7, 11) is 0. The van der Waals surface area contributed by atoms with Crippen LogP contribution in [0.3, 0.4) is 0 Å². The van der Waals surface area contributed by atoms with E-state index in [9.17, 15) is 0 Å². The Bertz CT molecular complexity index is 673. The fourth-order valence-corrected chi connectivity index (χ4v) is 1.93. The van der Waals surface area contributed by atoms with Crippen LogP contribution < -0.4 is 5.73 Å². The molecule has 0 saturated heterocycles. The maximum atomic E-state index is 5.68. The summed E-state index contributed by atoms with van der Waals surface area (Å²) in [5.41, 5.74) is 8.85. The average molecular weight is 289 g/mol. The van der Waals surface area contributed by atoms with Crippen LogP contribution >= 0.6 is 15.9 Å². The molecule has 0 aliphatic carbocycles.